The number of allylic oxidation sites excluding steroid dienone is 2. The Hall–Kier alpha value is -2.72. The van der Waals surface area contributed by atoms with Gasteiger partial charge in [0.05, 0.1) is 14.2 Å². The van der Waals surface area contributed by atoms with Gasteiger partial charge in [-0.1, -0.05) is 31.9 Å². The van der Waals surface area contributed by atoms with E-state index in [1.165, 1.54) is 32.4 Å². The van der Waals surface area contributed by atoms with Gasteiger partial charge in [-0.2, -0.15) is 0 Å². The smallest absolute Gasteiger partial charge is 0.171 e. The van der Waals surface area contributed by atoms with E-state index in [2.05, 4.69) is 31.9 Å². The van der Waals surface area contributed by atoms with E-state index in [1.807, 2.05) is 0 Å². The van der Waals surface area contributed by atoms with Crippen molar-refractivity contribution in [2.75, 3.05) is 14.2 Å². The molecule has 1 saturated carbocycles. The number of hydrogen-bond acceptors (Lipinski definition) is 6. The molecule has 2 aliphatic carbocycles. The Morgan fingerprint density at radius 2 is 1.09 bits per heavy atom. The molecule has 0 unspecified atom stereocenters. The lowest BCUT2D eigenvalue weighted by molar-refractivity contribution is -0.125. The first-order valence-corrected chi connectivity index (χ1v) is 11.5. The molecule has 0 bridgehead atoms. The summed E-state index contributed by atoms with van der Waals surface area (Å²) >= 11 is 6.26. The first-order chi connectivity index (χ1) is 16.1. The Balaban J connectivity index is 0.000000191. The predicted octanol–water partition coefficient (Wildman–Crippen LogP) is 5.00. The highest BCUT2D eigenvalue weighted by molar-refractivity contribution is 9.10. The molecule has 178 valence electrons. The second kappa shape index (κ2) is 10.7. The third kappa shape index (κ3) is 5.17. The van der Waals surface area contributed by atoms with Gasteiger partial charge in [0.2, 0.25) is 0 Å². The molecule has 6 nitrogen and oxygen atoms in total. The number of carbonyl (C=O) groups excluding carboxylic acids is 4. The molecule has 10 heteroatoms. The maximum atomic E-state index is 13.9. The second-order valence-electron chi connectivity index (χ2n) is 7.44. The van der Waals surface area contributed by atoms with Crippen molar-refractivity contribution in [2.24, 2.45) is 0 Å². The van der Waals surface area contributed by atoms with Gasteiger partial charge in [0, 0.05) is 32.9 Å². The number of hydrogen-bond donors (Lipinski definition) is 0. The van der Waals surface area contributed by atoms with Gasteiger partial charge in [0.15, 0.2) is 11.6 Å². The first-order valence-electron chi connectivity index (χ1n) is 9.96. The molecule has 0 spiro atoms. The Morgan fingerprint density at radius 3 is 1.47 bits per heavy atom. The van der Waals surface area contributed by atoms with E-state index in [4.69, 9.17) is 9.47 Å². The molecule has 34 heavy (non-hydrogen) atoms. The lowest BCUT2D eigenvalue weighted by Crippen LogP contribution is -2.16. The molecule has 4 rings (SSSR count). The highest BCUT2D eigenvalue weighted by Crippen LogP contribution is 2.38. The molecule has 1 fully saturated rings. The van der Waals surface area contributed by atoms with Crippen LogP contribution in [0.5, 0.6) is 11.5 Å². The lowest BCUT2D eigenvalue weighted by Gasteiger charge is -2.14. The van der Waals surface area contributed by atoms with Gasteiger partial charge in [0.1, 0.15) is 46.5 Å². The predicted molar refractivity (Wildman–Crippen MR) is 125 cm³/mol. The van der Waals surface area contributed by atoms with Gasteiger partial charge in [-0.25, -0.2) is 8.78 Å². The standard InChI is InChI=1S/C12H10BrFO3.C12H8BrFO3/c2*1-17-10-5-6(13)4-7(14)11(10)12-8(15)2-3-9(12)16/h4-5,12H,2-3H2,1H3;2-5,12H,1H3. The zero-order valence-corrected chi connectivity index (χ0v) is 21.2. The fourth-order valence-corrected chi connectivity index (χ4v) is 4.66. The molecular formula is C24H18Br2F2O6. The van der Waals surface area contributed by atoms with E-state index in [0.717, 1.165) is 12.2 Å². The van der Waals surface area contributed by atoms with Crippen LogP contribution in [0.3, 0.4) is 0 Å². The van der Waals surface area contributed by atoms with E-state index in [1.54, 1.807) is 6.07 Å². The first kappa shape index (κ1) is 25.9. The summed E-state index contributed by atoms with van der Waals surface area (Å²) in [5.41, 5.74) is 0.0545. The van der Waals surface area contributed by atoms with Crippen LogP contribution in [0, 0.1) is 11.6 Å². The average molecular weight is 600 g/mol. The summed E-state index contributed by atoms with van der Waals surface area (Å²) < 4.78 is 38.8. The largest absolute Gasteiger partial charge is 0.496 e. The summed E-state index contributed by atoms with van der Waals surface area (Å²) in [6, 6.07) is 5.52. The van der Waals surface area contributed by atoms with Crippen LogP contribution in [0.4, 0.5) is 8.78 Å². The Labute approximate surface area is 210 Å². The fourth-order valence-electron chi connectivity index (χ4n) is 3.84. The minimum Gasteiger partial charge on any atom is -0.496 e. The van der Waals surface area contributed by atoms with Crippen molar-refractivity contribution in [3.63, 3.8) is 0 Å². The van der Waals surface area contributed by atoms with E-state index in [0.29, 0.717) is 8.95 Å². The van der Waals surface area contributed by atoms with E-state index < -0.39 is 35.0 Å². The van der Waals surface area contributed by atoms with Crippen LogP contribution in [-0.4, -0.2) is 37.4 Å². The van der Waals surface area contributed by atoms with Gasteiger partial charge in [-0.05, 0) is 36.4 Å². The summed E-state index contributed by atoms with van der Waals surface area (Å²) in [4.78, 5) is 46.4. The SMILES string of the molecule is COc1cc(Br)cc(F)c1C1C(=O)C=CC1=O.COc1cc(Br)cc(F)c1C1C(=O)CCC1=O. The zero-order valence-electron chi connectivity index (χ0n) is 18.0. The van der Waals surface area contributed by atoms with Crippen LogP contribution in [0.1, 0.15) is 35.8 Å². The van der Waals surface area contributed by atoms with Crippen molar-refractivity contribution in [3.05, 3.63) is 68.1 Å². The molecule has 0 amide bonds. The molecule has 0 aliphatic heterocycles. The average Bonchev–Trinajstić information content (AvgIpc) is 3.28. The van der Waals surface area contributed by atoms with Crippen molar-refractivity contribution in [3.8, 4) is 11.5 Å². The molecule has 2 aromatic carbocycles. The number of halogens is 4. The van der Waals surface area contributed by atoms with Gasteiger partial charge >= 0.3 is 0 Å². The van der Waals surface area contributed by atoms with Crippen molar-refractivity contribution >= 4 is 55.0 Å². The van der Waals surface area contributed by atoms with Crippen molar-refractivity contribution < 1.29 is 37.4 Å². The highest BCUT2D eigenvalue weighted by Gasteiger charge is 2.38. The van der Waals surface area contributed by atoms with Crippen molar-refractivity contribution in [1.29, 1.82) is 0 Å². The van der Waals surface area contributed by atoms with Crippen LogP contribution in [0.25, 0.3) is 0 Å². The quantitative estimate of drug-likeness (QED) is 0.460. The van der Waals surface area contributed by atoms with Gasteiger partial charge < -0.3 is 9.47 Å². The maximum Gasteiger partial charge on any atom is 0.171 e. The normalized spacial score (nSPS) is 16.2. The Kier molecular flexibility index (Phi) is 8.14. The van der Waals surface area contributed by atoms with Crippen LogP contribution in [0.2, 0.25) is 0 Å². The third-order valence-corrected chi connectivity index (χ3v) is 6.29. The van der Waals surface area contributed by atoms with Crippen molar-refractivity contribution in [1.82, 2.24) is 0 Å². The number of Topliss-reactive ketones (excluding diaryl/α,β-unsaturated/α-hetero) is 2. The van der Waals surface area contributed by atoms with E-state index in [-0.39, 0.29) is 47.0 Å². The zero-order chi connectivity index (χ0) is 25.2. The molecular weight excluding hydrogens is 582 g/mol. The summed E-state index contributed by atoms with van der Waals surface area (Å²) in [5, 5.41) is 0. The monoisotopic (exact) mass is 598 g/mol. The fraction of sp³-hybridized carbons (Fsp3) is 0.250. The third-order valence-electron chi connectivity index (χ3n) is 5.37. The minimum atomic E-state index is -1.11. The number of rotatable bonds is 4. The Bertz CT molecular complexity index is 1130. The topological polar surface area (TPSA) is 86.7 Å². The summed E-state index contributed by atoms with van der Waals surface area (Å²) in [6.45, 7) is 0. The van der Waals surface area contributed by atoms with Crippen LogP contribution in [-0.2, 0) is 19.2 Å². The van der Waals surface area contributed by atoms with Crippen LogP contribution in [0.15, 0.2) is 45.4 Å². The van der Waals surface area contributed by atoms with Gasteiger partial charge in [0.25, 0.3) is 0 Å². The van der Waals surface area contributed by atoms with Gasteiger partial charge in [-0.3, -0.25) is 19.2 Å². The summed E-state index contributed by atoms with van der Waals surface area (Å²) in [5.74, 6) is -4.25. The highest BCUT2D eigenvalue weighted by atomic mass is 79.9. The number of ether oxygens (including phenoxy) is 2. The molecule has 2 aliphatic rings. The molecule has 0 N–H and O–H groups in total. The van der Waals surface area contributed by atoms with Crippen molar-refractivity contribution in [2.45, 2.75) is 24.7 Å². The number of ketones is 4. The molecule has 0 saturated heterocycles. The molecule has 2 aromatic rings. The van der Waals surface area contributed by atoms with Crippen LogP contribution < -0.4 is 9.47 Å². The number of methoxy groups -OCH3 is 2. The minimum absolute atomic E-state index is 0.00398. The van der Waals surface area contributed by atoms with Crippen LogP contribution >= 0.6 is 31.9 Å². The number of carbonyl (C=O) groups is 4. The summed E-state index contributed by atoms with van der Waals surface area (Å²) in [6.07, 6.45) is 2.69. The Morgan fingerprint density at radius 1 is 0.706 bits per heavy atom. The molecule has 0 atom stereocenters. The maximum absolute atomic E-state index is 13.9. The van der Waals surface area contributed by atoms with E-state index >= 15 is 0 Å². The summed E-state index contributed by atoms with van der Waals surface area (Å²) in [7, 11) is 2.75. The molecule has 0 radical (unpaired) electrons. The van der Waals surface area contributed by atoms with Gasteiger partial charge in [-0.15, -0.1) is 0 Å². The molecule has 0 heterocycles. The lowest BCUT2D eigenvalue weighted by atomic mass is 9.93. The number of benzene rings is 2. The molecule has 0 aromatic heterocycles. The van der Waals surface area contributed by atoms with E-state index in [9.17, 15) is 28.0 Å². The second-order valence-corrected chi connectivity index (χ2v) is 9.28.